The SMILES string of the molecule is C/C=C/C=C/C1C(C)=CC2CC(C)CCC2C1(C)/C(O)=C1/C(=O)NC(C(C)O)C1=O. The number of aliphatic hydroxyl groups is 2. The van der Waals surface area contributed by atoms with Crippen LogP contribution in [0.2, 0.25) is 0 Å². The summed E-state index contributed by atoms with van der Waals surface area (Å²) in [4.78, 5) is 25.6. The highest BCUT2D eigenvalue weighted by atomic mass is 16.3. The van der Waals surface area contributed by atoms with E-state index in [4.69, 9.17) is 0 Å². The number of allylic oxidation sites excluding steroid dienone is 7. The number of fused-ring (bicyclic) bond motifs is 1. The molecule has 0 aromatic carbocycles. The Kier molecular flexibility index (Phi) is 6.42. The molecule has 3 aliphatic rings. The molecule has 3 N–H and O–H groups in total. The zero-order valence-corrected chi connectivity index (χ0v) is 18.7. The van der Waals surface area contributed by atoms with Gasteiger partial charge in [-0.3, -0.25) is 9.59 Å². The summed E-state index contributed by atoms with van der Waals surface area (Å²) < 4.78 is 0. The average molecular weight is 414 g/mol. The molecule has 0 radical (unpaired) electrons. The molecular formula is C25H35NO4. The van der Waals surface area contributed by atoms with Gasteiger partial charge in [-0.1, -0.05) is 56.2 Å². The van der Waals surface area contributed by atoms with Gasteiger partial charge in [0, 0.05) is 11.3 Å². The second-order valence-corrected chi connectivity index (χ2v) is 9.55. The van der Waals surface area contributed by atoms with E-state index in [1.807, 2.05) is 32.1 Å². The molecule has 30 heavy (non-hydrogen) atoms. The van der Waals surface area contributed by atoms with Crippen LogP contribution in [0.5, 0.6) is 0 Å². The summed E-state index contributed by atoms with van der Waals surface area (Å²) in [6.07, 6.45) is 12.3. The fraction of sp³-hybridized carbons (Fsp3) is 0.600. The summed E-state index contributed by atoms with van der Waals surface area (Å²) >= 11 is 0. The normalized spacial score (nSPS) is 39.8. The lowest BCUT2D eigenvalue weighted by molar-refractivity contribution is -0.118. The largest absolute Gasteiger partial charge is 0.511 e. The third-order valence-corrected chi connectivity index (χ3v) is 7.42. The maximum absolute atomic E-state index is 12.9. The molecule has 5 nitrogen and oxygen atoms in total. The molecular weight excluding hydrogens is 378 g/mol. The van der Waals surface area contributed by atoms with Crippen molar-refractivity contribution in [3.05, 3.63) is 47.3 Å². The predicted octanol–water partition coefficient (Wildman–Crippen LogP) is 4.01. The van der Waals surface area contributed by atoms with Crippen LogP contribution in [0.25, 0.3) is 0 Å². The van der Waals surface area contributed by atoms with Gasteiger partial charge in [0.05, 0.1) is 6.10 Å². The molecule has 1 aliphatic heterocycles. The topological polar surface area (TPSA) is 86.6 Å². The Bertz CT molecular complexity index is 834. The van der Waals surface area contributed by atoms with Gasteiger partial charge in [-0.15, -0.1) is 0 Å². The molecule has 1 saturated carbocycles. The number of Topliss-reactive ketones (excluding diaryl/α,β-unsaturated/α-hetero) is 1. The zero-order valence-electron chi connectivity index (χ0n) is 18.7. The number of nitrogens with one attached hydrogen (secondary N) is 1. The summed E-state index contributed by atoms with van der Waals surface area (Å²) in [5, 5.41) is 24.0. The van der Waals surface area contributed by atoms with Crippen LogP contribution in [0.3, 0.4) is 0 Å². The lowest BCUT2D eigenvalue weighted by Crippen LogP contribution is -2.46. The van der Waals surface area contributed by atoms with E-state index in [0.717, 1.165) is 24.8 Å². The van der Waals surface area contributed by atoms with Gasteiger partial charge in [0.2, 0.25) is 0 Å². The molecule has 1 amide bonds. The number of amides is 1. The van der Waals surface area contributed by atoms with E-state index < -0.39 is 29.3 Å². The Balaban J connectivity index is 2.16. The van der Waals surface area contributed by atoms with Crippen LogP contribution in [0.1, 0.15) is 53.9 Å². The Hall–Kier alpha value is -2.14. The summed E-state index contributed by atoms with van der Waals surface area (Å²) in [6, 6.07) is -1.00. The molecule has 3 rings (SSSR count). The minimum atomic E-state index is -1.01. The van der Waals surface area contributed by atoms with E-state index in [1.165, 1.54) is 6.92 Å². The van der Waals surface area contributed by atoms with Gasteiger partial charge >= 0.3 is 0 Å². The molecule has 0 bridgehead atoms. The fourth-order valence-corrected chi connectivity index (χ4v) is 5.84. The van der Waals surface area contributed by atoms with E-state index in [0.29, 0.717) is 11.8 Å². The first-order valence-electron chi connectivity index (χ1n) is 11.1. The molecule has 7 atom stereocenters. The monoisotopic (exact) mass is 413 g/mol. The van der Waals surface area contributed by atoms with Crippen LogP contribution in [-0.4, -0.2) is 34.0 Å². The maximum Gasteiger partial charge on any atom is 0.259 e. The van der Waals surface area contributed by atoms with Crippen LogP contribution in [-0.2, 0) is 9.59 Å². The Labute approximate surface area is 179 Å². The van der Waals surface area contributed by atoms with Gasteiger partial charge in [-0.05, 0) is 51.4 Å². The number of aliphatic hydroxyl groups excluding tert-OH is 2. The molecule has 0 aromatic heterocycles. The molecule has 2 fully saturated rings. The van der Waals surface area contributed by atoms with E-state index >= 15 is 0 Å². The molecule has 1 heterocycles. The molecule has 7 unspecified atom stereocenters. The Morgan fingerprint density at radius 3 is 2.60 bits per heavy atom. The van der Waals surface area contributed by atoms with E-state index in [2.05, 4.69) is 31.3 Å². The molecule has 164 valence electrons. The standard InChI is InChI=1S/C25H35NO4/c1-6-7-8-9-18-15(3)13-17-12-14(2)10-11-19(17)25(18,5)23(29)20-22(28)21(16(4)27)26-24(20)30/h6-9,13-14,16-19,21,27,29H,10-12H2,1-5H3,(H,26,30)/b7-6+,9-8+,23-20-. The minimum Gasteiger partial charge on any atom is -0.511 e. The minimum absolute atomic E-state index is 0.123. The number of rotatable bonds is 4. The van der Waals surface area contributed by atoms with E-state index in [1.54, 1.807) is 0 Å². The van der Waals surface area contributed by atoms with Gasteiger partial charge in [0.15, 0.2) is 5.78 Å². The number of carbonyl (C=O) groups excluding carboxylic acids is 2. The molecule has 2 aliphatic carbocycles. The highest BCUT2D eigenvalue weighted by molar-refractivity contribution is 6.27. The Morgan fingerprint density at radius 1 is 1.30 bits per heavy atom. The van der Waals surface area contributed by atoms with Crippen molar-refractivity contribution in [3.8, 4) is 0 Å². The van der Waals surface area contributed by atoms with E-state index in [-0.39, 0.29) is 23.2 Å². The van der Waals surface area contributed by atoms with Crippen molar-refractivity contribution < 1.29 is 19.8 Å². The molecule has 0 aromatic rings. The zero-order chi connectivity index (χ0) is 22.2. The second kappa shape index (κ2) is 8.54. The predicted molar refractivity (Wildman–Crippen MR) is 118 cm³/mol. The number of carbonyl (C=O) groups is 2. The highest BCUT2D eigenvalue weighted by Gasteiger charge is 2.54. The van der Waals surface area contributed by atoms with Crippen LogP contribution in [0.15, 0.2) is 47.3 Å². The van der Waals surface area contributed by atoms with Crippen molar-refractivity contribution in [1.29, 1.82) is 0 Å². The van der Waals surface area contributed by atoms with Crippen molar-refractivity contribution in [1.82, 2.24) is 5.32 Å². The smallest absolute Gasteiger partial charge is 0.259 e. The highest BCUT2D eigenvalue weighted by Crippen LogP contribution is 2.57. The third-order valence-electron chi connectivity index (χ3n) is 7.42. The van der Waals surface area contributed by atoms with Crippen molar-refractivity contribution in [2.75, 3.05) is 0 Å². The van der Waals surface area contributed by atoms with Crippen molar-refractivity contribution in [3.63, 3.8) is 0 Å². The summed E-state index contributed by atoms with van der Waals surface area (Å²) in [6.45, 7) is 9.75. The fourth-order valence-electron chi connectivity index (χ4n) is 5.84. The van der Waals surface area contributed by atoms with E-state index in [9.17, 15) is 19.8 Å². The van der Waals surface area contributed by atoms with Gasteiger partial charge in [0.25, 0.3) is 5.91 Å². The van der Waals surface area contributed by atoms with Gasteiger partial charge < -0.3 is 15.5 Å². The summed E-state index contributed by atoms with van der Waals surface area (Å²) in [5.74, 6) is -0.300. The third kappa shape index (κ3) is 3.68. The van der Waals surface area contributed by atoms with Gasteiger partial charge in [-0.2, -0.15) is 0 Å². The van der Waals surface area contributed by atoms with Crippen molar-refractivity contribution in [2.45, 2.75) is 66.0 Å². The summed E-state index contributed by atoms with van der Waals surface area (Å²) in [5.41, 5.74) is 0.205. The number of hydrogen-bond acceptors (Lipinski definition) is 4. The maximum atomic E-state index is 12.9. The van der Waals surface area contributed by atoms with Gasteiger partial charge in [-0.25, -0.2) is 0 Å². The van der Waals surface area contributed by atoms with Crippen LogP contribution in [0, 0.1) is 29.1 Å². The Morgan fingerprint density at radius 2 is 2.00 bits per heavy atom. The first kappa shape index (κ1) is 22.5. The average Bonchev–Trinajstić information content (AvgIpc) is 2.97. The lowest BCUT2D eigenvalue weighted by Gasteiger charge is -2.52. The summed E-state index contributed by atoms with van der Waals surface area (Å²) in [7, 11) is 0. The second-order valence-electron chi connectivity index (χ2n) is 9.55. The molecule has 5 heteroatoms. The van der Waals surface area contributed by atoms with Crippen LogP contribution >= 0.6 is 0 Å². The number of hydrogen-bond donors (Lipinski definition) is 3. The molecule has 1 saturated heterocycles. The first-order valence-corrected chi connectivity index (χ1v) is 11.1. The lowest BCUT2D eigenvalue weighted by atomic mass is 9.52. The molecule has 0 spiro atoms. The quantitative estimate of drug-likeness (QED) is 0.214. The van der Waals surface area contributed by atoms with Gasteiger partial charge in [0.1, 0.15) is 17.4 Å². The van der Waals surface area contributed by atoms with Crippen molar-refractivity contribution in [2.24, 2.45) is 29.1 Å². The van der Waals surface area contributed by atoms with Crippen molar-refractivity contribution >= 4 is 11.7 Å². The van der Waals surface area contributed by atoms with Crippen LogP contribution in [0.4, 0.5) is 0 Å². The first-order chi connectivity index (χ1) is 14.1. The van der Waals surface area contributed by atoms with Crippen LogP contribution < -0.4 is 5.32 Å². The number of ketones is 1.